The topological polar surface area (TPSA) is 170 Å². The van der Waals surface area contributed by atoms with E-state index in [0.29, 0.717) is 71.8 Å². The van der Waals surface area contributed by atoms with Gasteiger partial charge in [0.2, 0.25) is 0 Å². The summed E-state index contributed by atoms with van der Waals surface area (Å²) in [6.45, 7) is 0.0474. The van der Waals surface area contributed by atoms with E-state index in [1.165, 1.54) is 21.9 Å². The second-order valence-electron chi connectivity index (χ2n) is 17.9. The SMILES string of the molecule is N#Cc1c2ccccc2c(CCN2C(=O)c3ccc4c5c(C#N)cc6c7c(cc(C#N)c(c8ccc(c3c48)C2=O)c75)C(=O)N(CCc2c3ccccc3c(C#N)c3ccccc23)C6=O)c2ccccc12. The Labute approximate surface area is 397 Å². The van der Waals surface area contributed by atoms with E-state index < -0.39 is 23.6 Å². The molecule has 0 fully saturated rings. The van der Waals surface area contributed by atoms with Gasteiger partial charge in [0.05, 0.1) is 45.5 Å². The molecule has 0 bridgehead atoms. The first kappa shape index (κ1) is 40.3. The fraction of sp³-hybridized carbons (Fsp3) is 0.0667. The molecule has 2 heterocycles. The molecule has 13 rings (SSSR count). The summed E-state index contributed by atoms with van der Waals surface area (Å²) in [5, 5.41) is 52.3. The summed E-state index contributed by atoms with van der Waals surface area (Å²) in [6, 6.07) is 49.7. The number of fused-ring (bicyclic) bond motifs is 6. The molecule has 11 aromatic carbocycles. The smallest absolute Gasteiger partial charge is 0.261 e. The summed E-state index contributed by atoms with van der Waals surface area (Å²) in [7, 11) is 0. The maximum atomic E-state index is 14.8. The monoisotopic (exact) mass is 898 g/mol. The van der Waals surface area contributed by atoms with Gasteiger partial charge in [0, 0.05) is 72.7 Å². The molecule has 0 unspecified atom stereocenters. The van der Waals surface area contributed by atoms with Gasteiger partial charge in [-0.05, 0) is 85.9 Å². The first-order chi connectivity index (χ1) is 34.3. The maximum absolute atomic E-state index is 14.8. The van der Waals surface area contributed by atoms with Crippen LogP contribution in [0.25, 0.3) is 86.2 Å². The third kappa shape index (κ3) is 5.22. The quantitative estimate of drug-likeness (QED) is 0.0902. The molecule has 70 heavy (non-hydrogen) atoms. The lowest BCUT2D eigenvalue weighted by Gasteiger charge is -2.31. The number of rotatable bonds is 6. The van der Waals surface area contributed by atoms with E-state index in [1.807, 2.05) is 97.1 Å². The van der Waals surface area contributed by atoms with Crippen LogP contribution in [-0.2, 0) is 12.8 Å². The summed E-state index contributed by atoms with van der Waals surface area (Å²) < 4.78 is 0. The van der Waals surface area contributed by atoms with Crippen molar-refractivity contribution in [2.45, 2.75) is 12.8 Å². The minimum absolute atomic E-state index is 0.0147. The summed E-state index contributed by atoms with van der Waals surface area (Å²) in [5.41, 5.74) is 4.07. The van der Waals surface area contributed by atoms with Gasteiger partial charge in [-0.1, -0.05) is 109 Å². The van der Waals surface area contributed by atoms with Crippen LogP contribution in [0.2, 0.25) is 0 Å². The zero-order valence-electron chi connectivity index (χ0n) is 36.8. The molecule has 4 amide bonds. The Morgan fingerprint density at radius 2 is 0.657 bits per heavy atom. The normalized spacial score (nSPS) is 13.4. The molecular formula is C60H30N6O4. The average Bonchev–Trinajstić information content (AvgIpc) is 3.40. The number of nitrogens with zero attached hydrogens (tertiary/aromatic N) is 6. The predicted molar refractivity (Wildman–Crippen MR) is 268 cm³/mol. The number of imide groups is 2. The average molecular weight is 899 g/mol. The highest BCUT2D eigenvalue weighted by molar-refractivity contribution is 6.42. The Bertz CT molecular complexity index is 4270. The van der Waals surface area contributed by atoms with Crippen molar-refractivity contribution in [1.82, 2.24) is 9.80 Å². The Kier molecular flexibility index (Phi) is 8.49. The van der Waals surface area contributed by atoms with E-state index in [0.717, 1.165) is 54.2 Å². The summed E-state index contributed by atoms with van der Waals surface area (Å²) >= 11 is 0. The Morgan fingerprint density at radius 1 is 0.329 bits per heavy atom. The van der Waals surface area contributed by atoms with Crippen LogP contribution >= 0.6 is 0 Å². The first-order valence-electron chi connectivity index (χ1n) is 22.7. The van der Waals surface area contributed by atoms with Gasteiger partial charge in [0.25, 0.3) is 23.6 Å². The van der Waals surface area contributed by atoms with E-state index in [9.17, 15) is 40.2 Å². The Morgan fingerprint density at radius 3 is 1.00 bits per heavy atom. The van der Waals surface area contributed by atoms with E-state index in [2.05, 4.69) is 24.3 Å². The first-order valence-corrected chi connectivity index (χ1v) is 22.7. The van der Waals surface area contributed by atoms with Gasteiger partial charge >= 0.3 is 0 Å². The third-order valence-corrected chi connectivity index (χ3v) is 14.7. The van der Waals surface area contributed by atoms with Gasteiger partial charge < -0.3 is 0 Å². The molecule has 0 aromatic heterocycles. The fourth-order valence-corrected chi connectivity index (χ4v) is 11.8. The van der Waals surface area contributed by atoms with Crippen LogP contribution in [0.5, 0.6) is 0 Å². The summed E-state index contributed by atoms with van der Waals surface area (Å²) in [6.07, 6.45) is 0.599. The van der Waals surface area contributed by atoms with Crippen LogP contribution in [-0.4, -0.2) is 46.5 Å². The molecule has 0 atom stereocenters. The number of hydrogen-bond acceptors (Lipinski definition) is 8. The lowest BCUT2D eigenvalue weighted by molar-refractivity contribution is 0.0597. The van der Waals surface area contributed by atoms with E-state index in [4.69, 9.17) is 0 Å². The van der Waals surface area contributed by atoms with Gasteiger partial charge in [0.15, 0.2) is 0 Å². The molecule has 10 heteroatoms. The molecule has 324 valence electrons. The lowest BCUT2D eigenvalue weighted by Crippen LogP contribution is -2.42. The van der Waals surface area contributed by atoms with Gasteiger partial charge in [-0.3, -0.25) is 29.0 Å². The van der Waals surface area contributed by atoms with Gasteiger partial charge in [-0.2, -0.15) is 21.0 Å². The van der Waals surface area contributed by atoms with E-state index >= 15 is 0 Å². The highest BCUT2D eigenvalue weighted by Crippen LogP contribution is 2.49. The fourth-order valence-electron chi connectivity index (χ4n) is 11.8. The molecule has 0 saturated heterocycles. The molecule has 0 saturated carbocycles. The number of amides is 4. The maximum Gasteiger partial charge on any atom is 0.261 e. The van der Waals surface area contributed by atoms with Gasteiger partial charge in [-0.25, -0.2) is 0 Å². The highest BCUT2D eigenvalue weighted by atomic mass is 16.2. The van der Waals surface area contributed by atoms with Crippen molar-refractivity contribution in [2.75, 3.05) is 13.1 Å². The van der Waals surface area contributed by atoms with Crippen molar-refractivity contribution in [3.05, 3.63) is 189 Å². The number of benzene rings is 11. The van der Waals surface area contributed by atoms with Gasteiger partial charge in [0.1, 0.15) is 12.1 Å². The van der Waals surface area contributed by atoms with Crippen LogP contribution < -0.4 is 0 Å². The zero-order valence-corrected chi connectivity index (χ0v) is 36.8. The van der Waals surface area contributed by atoms with Crippen LogP contribution in [0.1, 0.15) is 74.8 Å². The van der Waals surface area contributed by atoms with Crippen LogP contribution in [0.15, 0.2) is 133 Å². The standard InChI is InChI=1S/C60H30N6O4/c61-27-31-25-47-55-48(60(70)66(59(47)69)24-22-42-35-11-3-7-15-39(35)50(30-64)40-16-8-4-12-36(40)42)26-32(28-62)52-44-18-20-46-54-45(19-17-43(53(44)54)51(31)56(52)55)57(67)65(58(46)68)23-21-41-33-9-1-5-13-37(33)49(29-63)38-14-6-2-10-34(38)41/h1-20,25-26H,21-24H2. The molecule has 0 aliphatic carbocycles. The Balaban J connectivity index is 0.935. The minimum Gasteiger partial charge on any atom is -0.274 e. The predicted octanol–water partition coefficient (Wildman–Crippen LogP) is 11.5. The molecule has 0 spiro atoms. The van der Waals surface area contributed by atoms with Crippen molar-refractivity contribution < 1.29 is 19.2 Å². The van der Waals surface area contributed by atoms with Crippen molar-refractivity contribution in [1.29, 1.82) is 21.0 Å². The van der Waals surface area contributed by atoms with Crippen molar-refractivity contribution in [2.24, 2.45) is 0 Å². The molecule has 11 aromatic rings. The number of nitriles is 4. The van der Waals surface area contributed by atoms with Crippen molar-refractivity contribution >= 4 is 110 Å². The number of carbonyl (C=O) groups excluding carboxylic acids is 4. The van der Waals surface area contributed by atoms with Gasteiger partial charge in [-0.15, -0.1) is 0 Å². The summed E-state index contributed by atoms with van der Waals surface area (Å²) in [4.78, 5) is 61.4. The molecule has 10 nitrogen and oxygen atoms in total. The lowest BCUT2D eigenvalue weighted by atomic mass is 9.79. The van der Waals surface area contributed by atoms with E-state index in [-0.39, 0.29) is 41.8 Å². The number of carbonyl (C=O) groups is 4. The molecule has 2 aliphatic heterocycles. The van der Waals surface area contributed by atoms with Crippen LogP contribution in [0.4, 0.5) is 0 Å². The molecule has 0 N–H and O–H groups in total. The molecule has 2 aliphatic rings. The zero-order chi connectivity index (χ0) is 47.7. The summed E-state index contributed by atoms with van der Waals surface area (Å²) in [5.74, 6) is -2.13. The third-order valence-electron chi connectivity index (χ3n) is 14.7. The van der Waals surface area contributed by atoms with Crippen LogP contribution in [0.3, 0.4) is 0 Å². The molecule has 0 radical (unpaired) electrons. The van der Waals surface area contributed by atoms with Crippen molar-refractivity contribution in [3.63, 3.8) is 0 Å². The second kappa shape index (κ2) is 14.7. The second-order valence-corrected chi connectivity index (χ2v) is 17.9. The largest absolute Gasteiger partial charge is 0.274 e. The minimum atomic E-state index is -0.576. The number of hydrogen-bond donors (Lipinski definition) is 0. The highest BCUT2D eigenvalue weighted by Gasteiger charge is 2.39. The van der Waals surface area contributed by atoms with Crippen molar-refractivity contribution in [3.8, 4) is 24.3 Å². The Hall–Kier alpha value is -10.0. The van der Waals surface area contributed by atoms with Crippen LogP contribution in [0, 0.1) is 45.3 Å². The molecular weight excluding hydrogens is 869 g/mol. The van der Waals surface area contributed by atoms with E-state index in [1.54, 1.807) is 24.3 Å².